The fourth-order valence-corrected chi connectivity index (χ4v) is 3.19. The molecule has 0 aliphatic heterocycles. The highest BCUT2D eigenvalue weighted by molar-refractivity contribution is 14.0. The van der Waals surface area contributed by atoms with Crippen molar-refractivity contribution in [1.82, 2.24) is 30.1 Å². The van der Waals surface area contributed by atoms with Gasteiger partial charge in [0.15, 0.2) is 5.96 Å². The molecule has 0 amide bonds. The number of rotatable bonds is 8. The van der Waals surface area contributed by atoms with E-state index >= 15 is 0 Å². The van der Waals surface area contributed by atoms with E-state index in [1.807, 2.05) is 0 Å². The topological polar surface area (TPSA) is 113 Å². The van der Waals surface area contributed by atoms with Crippen molar-refractivity contribution in [1.29, 1.82) is 0 Å². The summed E-state index contributed by atoms with van der Waals surface area (Å²) >= 11 is 0. The number of aliphatic imine (C=N–C) groups is 1. The van der Waals surface area contributed by atoms with Gasteiger partial charge in [0.05, 0.1) is 12.3 Å². The maximum atomic E-state index is 11.9. The Kier molecular flexibility index (Phi) is 8.91. The van der Waals surface area contributed by atoms with Gasteiger partial charge < -0.3 is 10.6 Å². The molecule has 0 unspecified atom stereocenters. The van der Waals surface area contributed by atoms with E-state index in [9.17, 15) is 8.42 Å². The van der Waals surface area contributed by atoms with Gasteiger partial charge in [-0.2, -0.15) is 5.10 Å². The fourth-order valence-electron chi connectivity index (χ4n) is 2.18. The van der Waals surface area contributed by atoms with Gasteiger partial charge in [0.2, 0.25) is 10.0 Å². The van der Waals surface area contributed by atoms with Gasteiger partial charge in [0.1, 0.15) is 12.2 Å². The van der Waals surface area contributed by atoms with Gasteiger partial charge in [-0.1, -0.05) is 6.42 Å². The lowest BCUT2D eigenvalue weighted by Crippen LogP contribution is -2.42. The molecular formula is C13H26IN7O2S. The first-order valence-electron chi connectivity index (χ1n) is 7.75. The summed E-state index contributed by atoms with van der Waals surface area (Å²) in [7, 11) is 0.197. The summed E-state index contributed by atoms with van der Waals surface area (Å²) in [5.41, 5.74) is 0. The Balaban J connectivity index is 0.00000288. The van der Waals surface area contributed by atoms with E-state index in [-0.39, 0.29) is 29.7 Å². The maximum Gasteiger partial charge on any atom is 0.213 e. The Bertz CT molecular complexity index is 628. The number of hydrogen-bond donors (Lipinski definition) is 3. The van der Waals surface area contributed by atoms with Gasteiger partial charge >= 0.3 is 0 Å². The van der Waals surface area contributed by atoms with Crippen LogP contribution < -0.4 is 15.4 Å². The van der Waals surface area contributed by atoms with Gasteiger partial charge in [-0.25, -0.2) is 18.1 Å². The van der Waals surface area contributed by atoms with Crippen LogP contribution in [-0.4, -0.2) is 55.0 Å². The van der Waals surface area contributed by atoms with Crippen molar-refractivity contribution >= 4 is 40.0 Å². The molecule has 0 atom stereocenters. The van der Waals surface area contributed by atoms with Crippen LogP contribution in [0.1, 0.15) is 25.1 Å². The van der Waals surface area contributed by atoms with Crippen LogP contribution in [0.3, 0.4) is 0 Å². The largest absolute Gasteiger partial charge is 0.355 e. The molecule has 3 N–H and O–H groups in total. The molecule has 9 nitrogen and oxygen atoms in total. The van der Waals surface area contributed by atoms with E-state index in [0.29, 0.717) is 31.5 Å². The highest BCUT2D eigenvalue weighted by Gasteiger charge is 2.20. The van der Waals surface area contributed by atoms with Crippen molar-refractivity contribution in [2.45, 2.75) is 25.8 Å². The molecule has 11 heteroatoms. The van der Waals surface area contributed by atoms with Gasteiger partial charge in [-0.3, -0.25) is 9.67 Å². The first kappa shape index (κ1) is 21.1. The van der Waals surface area contributed by atoms with E-state index in [0.717, 1.165) is 18.7 Å². The number of aryl methyl sites for hydroxylation is 1. The minimum atomic E-state index is -3.24. The Morgan fingerprint density at radius 3 is 2.71 bits per heavy atom. The Hall–Kier alpha value is -0.950. The molecule has 0 bridgehead atoms. The summed E-state index contributed by atoms with van der Waals surface area (Å²) in [5, 5.41) is 10.0. The zero-order chi connectivity index (χ0) is 16.7. The van der Waals surface area contributed by atoms with Crippen LogP contribution in [-0.2, 0) is 23.6 Å². The molecule has 138 valence electrons. The zero-order valence-electron chi connectivity index (χ0n) is 14.0. The van der Waals surface area contributed by atoms with Crippen molar-refractivity contribution in [3.8, 4) is 0 Å². The second kappa shape index (κ2) is 10.1. The third-order valence-corrected chi connectivity index (χ3v) is 5.27. The third kappa shape index (κ3) is 6.89. The average molecular weight is 471 g/mol. The lowest BCUT2D eigenvalue weighted by Gasteiger charge is -2.25. The second-order valence-corrected chi connectivity index (χ2v) is 7.54. The Morgan fingerprint density at radius 2 is 2.17 bits per heavy atom. The normalized spacial score (nSPS) is 15.5. The van der Waals surface area contributed by atoms with Crippen LogP contribution in [0.4, 0.5) is 0 Å². The summed E-state index contributed by atoms with van der Waals surface area (Å²) in [4.78, 5) is 8.15. The van der Waals surface area contributed by atoms with Gasteiger partial charge in [0, 0.05) is 27.2 Å². The summed E-state index contributed by atoms with van der Waals surface area (Å²) in [6.07, 6.45) is 4.94. The molecule has 0 spiro atoms. The van der Waals surface area contributed by atoms with Crippen molar-refractivity contribution in [2.75, 3.05) is 25.9 Å². The second-order valence-electron chi connectivity index (χ2n) is 5.62. The van der Waals surface area contributed by atoms with E-state index in [4.69, 9.17) is 0 Å². The van der Waals surface area contributed by atoms with E-state index in [1.165, 1.54) is 12.7 Å². The molecule has 1 aromatic rings. The fraction of sp³-hybridized carbons (Fsp3) is 0.769. The van der Waals surface area contributed by atoms with Crippen molar-refractivity contribution in [3.05, 3.63) is 12.2 Å². The van der Waals surface area contributed by atoms with Gasteiger partial charge in [-0.15, -0.1) is 24.0 Å². The van der Waals surface area contributed by atoms with Gasteiger partial charge in [-0.05, 0) is 18.8 Å². The number of nitrogens with one attached hydrogen (secondary N) is 3. The Morgan fingerprint density at radius 1 is 1.42 bits per heavy atom. The van der Waals surface area contributed by atoms with Crippen LogP contribution in [0.25, 0.3) is 0 Å². The first-order valence-corrected chi connectivity index (χ1v) is 9.40. The highest BCUT2D eigenvalue weighted by Crippen LogP contribution is 2.25. The van der Waals surface area contributed by atoms with E-state index < -0.39 is 10.0 Å². The number of aromatic nitrogens is 3. The Labute approximate surface area is 160 Å². The summed E-state index contributed by atoms with van der Waals surface area (Å²) in [5.74, 6) is 1.83. The van der Waals surface area contributed by atoms with Crippen molar-refractivity contribution < 1.29 is 8.42 Å². The molecule has 1 aliphatic carbocycles. The SMILES string of the molecule is CN=C(NCCS(=O)(=O)NCC1CCC1)NCc1ncnn1C.I. The molecular weight excluding hydrogens is 445 g/mol. The molecule has 2 rings (SSSR count). The van der Waals surface area contributed by atoms with Crippen LogP contribution in [0.5, 0.6) is 0 Å². The third-order valence-electron chi connectivity index (χ3n) is 3.92. The van der Waals surface area contributed by atoms with Crippen LogP contribution >= 0.6 is 24.0 Å². The number of sulfonamides is 1. The lowest BCUT2D eigenvalue weighted by atomic mass is 9.86. The monoisotopic (exact) mass is 471 g/mol. The van der Waals surface area contributed by atoms with Crippen LogP contribution in [0.2, 0.25) is 0 Å². The molecule has 1 fully saturated rings. The average Bonchev–Trinajstić information content (AvgIpc) is 2.86. The quantitative estimate of drug-likeness (QED) is 0.276. The number of hydrogen-bond acceptors (Lipinski definition) is 5. The maximum absolute atomic E-state index is 11.9. The summed E-state index contributed by atoms with van der Waals surface area (Å²) in [6.45, 7) is 1.31. The molecule has 1 aromatic heterocycles. The summed E-state index contributed by atoms with van der Waals surface area (Å²) in [6, 6.07) is 0. The molecule has 0 radical (unpaired) electrons. The first-order chi connectivity index (χ1) is 11.0. The minimum absolute atomic E-state index is 0. The molecule has 24 heavy (non-hydrogen) atoms. The molecule has 1 heterocycles. The van der Waals surface area contributed by atoms with Crippen molar-refractivity contribution in [2.24, 2.45) is 18.0 Å². The predicted octanol–water partition coefficient (Wildman–Crippen LogP) is -0.182. The molecule has 1 aliphatic rings. The van der Waals surface area contributed by atoms with Crippen LogP contribution in [0.15, 0.2) is 11.3 Å². The molecule has 0 saturated heterocycles. The lowest BCUT2D eigenvalue weighted by molar-refractivity contribution is 0.316. The standard InChI is InChI=1S/C13H25N7O2S.HI/c1-14-13(16-9-12-17-10-18-20(12)2)15-6-7-23(21,22)19-8-11-4-3-5-11;/h10-11,19H,3-9H2,1-2H3,(H2,14,15,16);1H. The van der Waals surface area contributed by atoms with Crippen molar-refractivity contribution in [3.63, 3.8) is 0 Å². The van der Waals surface area contributed by atoms with Crippen LogP contribution in [0, 0.1) is 5.92 Å². The molecule has 1 saturated carbocycles. The number of halogens is 1. The number of nitrogens with zero attached hydrogens (tertiary/aromatic N) is 4. The smallest absolute Gasteiger partial charge is 0.213 e. The highest BCUT2D eigenvalue weighted by atomic mass is 127. The minimum Gasteiger partial charge on any atom is -0.355 e. The predicted molar refractivity (Wildman–Crippen MR) is 104 cm³/mol. The molecule has 0 aromatic carbocycles. The summed E-state index contributed by atoms with van der Waals surface area (Å²) < 4.78 is 28.1. The zero-order valence-corrected chi connectivity index (χ0v) is 17.2. The van der Waals surface area contributed by atoms with E-state index in [2.05, 4.69) is 30.4 Å². The van der Waals surface area contributed by atoms with E-state index in [1.54, 1.807) is 18.8 Å². The number of guanidine groups is 1. The van der Waals surface area contributed by atoms with Gasteiger partial charge in [0.25, 0.3) is 0 Å².